The molecule has 0 atom stereocenters. The van der Waals surface area contributed by atoms with Crippen LogP contribution in [0.1, 0.15) is 25.7 Å². The number of piperidine rings is 1. The van der Waals surface area contributed by atoms with E-state index in [1.165, 1.54) is 13.5 Å². The van der Waals surface area contributed by atoms with Crippen LogP contribution >= 0.6 is 0 Å². The van der Waals surface area contributed by atoms with Crippen LogP contribution in [-0.4, -0.2) is 37.7 Å². The topological polar surface area (TPSA) is 55.6 Å². The van der Waals surface area contributed by atoms with Gasteiger partial charge in [0, 0.05) is 13.1 Å². The van der Waals surface area contributed by atoms with Crippen molar-refractivity contribution < 1.29 is 9.53 Å². The van der Waals surface area contributed by atoms with Crippen LogP contribution in [-0.2, 0) is 4.74 Å². The molecule has 0 spiro atoms. The normalized spacial score (nSPS) is 18.3. The molecule has 4 nitrogen and oxygen atoms in total. The maximum atomic E-state index is 11.2. The van der Waals surface area contributed by atoms with Crippen molar-refractivity contribution in [2.24, 2.45) is 11.7 Å². The molecule has 14 heavy (non-hydrogen) atoms. The van der Waals surface area contributed by atoms with Gasteiger partial charge in [0.15, 0.2) is 0 Å². The van der Waals surface area contributed by atoms with E-state index < -0.39 is 0 Å². The molecule has 0 aromatic heterocycles. The minimum absolute atomic E-state index is 0.192. The molecule has 1 aliphatic heterocycles. The quantitative estimate of drug-likeness (QED) is 0.745. The summed E-state index contributed by atoms with van der Waals surface area (Å²) in [5, 5.41) is 0. The maximum Gasteiger partial charge on any atom is 0.409 e. The van der Waals surface area contributed by atoms with Gasteiger partial charge in [0.05, 0.1) is 7.11 Å². The van der Waals surface area contributed by atoms with Gasteiger partial charge in [-0.2, -0.15) is 0 Å². The summed E-state index contributed by atoms with van der Waals surface area (Å²) in [6.07, 6.45) is 4.29. The highest BCUT2D eigenvalue weighted by Crippen LogP contribution is 2.21. The summed E-state index contributed by atoms with van der Waals surface area (Å²) in [6, 6.07) is 0. The first-order chi connectivity index (χ1) is 6.77. The van der Waals surface area contributed by atoms with Crippen LogP contribution in [0, 0.1) is 5.92 Å². The first-order valence-electron chi connectivity index (χ1n) is 5.31. The number of rotatable bonds is 3. The molecule has 4 heteroatoms. The standard InChI is InChI=1S/C10H20N2O2/c1-14-10(13)12-7-4-9(5-8-12)3-2-6-11/h9H,2-8,11H2,1H3. The molecule has 0 saturated carbocycles. The van der Waals surface area contributed by atoms with E-state index in [9.17, 15) is 4.79 Å². The van der Waals surface area contributed by atoms with Crippen molar-refractivity contribution in [3.63, 3.8) is 0 Å². The van der Waals surface area contributed by atoms with E-state index in [2.05, 4.69) is 4.74 Å². The molecule has 0 bridgehead atoms. The van der Waals surface area contributed by atoms with Gasteiger partial charge in [0.1, 0.15) is 0 Å². The van der Waals surface area contributed by atoms with Gasteiger partial charge >= 0.3 is 6.09 Å². The zero-order valence-electron chi connectivity index (χ0n) is 8.87. The number of carbonyl (C=O) groups excluding carboxylic acids is 1. The molecule has 2 N–H and O–H groups in total. The number of ether oxygens (including phenoxy) is 1. The Morgan fingerprint density at radius 1 is 1.50 bits per heavy atom. The maximum absolute atomic E-state index is 11.2. The lowest BCUT2D eigenvalue weighted by atomic mass is 9.92. The Bertz CT molecular complexity index is 177. The Kier molecular flexibility index (Phi) is 4.73. The number of hydrogen-bond donors (Lipinski definition) is 1. The van der Waals surface area contributed by atoms with E-state index in [-0.39, 0.29) is 6.09 Å². The van der Waals surface area contributed by atoms with E-state index >= 15 is 0 Å². The number of methoxy groups -OCH3 is 1. The summed E-state index contributed by atoms with van der Waals surface area (Å²) in [5.41, 5.74) is 5.46. The third-order valence-corrected chi connectivity index (χ3v) is 2.86. The molecule has 0 radical (unpaired) electrons. The smallest absolute Gasteiger partial charge is 0.409 e. The van der Waals surface area contributed by atoms with Gasteiger partial charge in [0.25, 0.3) is 0 Å². The molecule has 0 aromatic rings. The molecular formula is C10H20N2O2. The largest absolute Gasteiger partial charge is 0.453 e. The van der Waals surface area contributed by atoms with Crippen LogP contribution in [0.25, 0.3) is 0 Å². The summed E-state index contributed by atoms with van der Waals surface area (Å²) in [7, 11) is 1.43. The Balaban J connectivity index is 2.20. The minimum atomic E-state index is -0.192. The lowest BCUT2D eigenvalue weighted by molar-refractivity contribution is 0.105. The van der Waals surface area contributed by atoms with Gasteiger partial charge in [0.2, 0.25) is 0 Å². The van der Waals surface area contributed by atoms with E-state index in [0.29, 0.717) is 0 Å². The molecular weight excluding hydrogens is 180 g/mol. The Hall–Kier alpha value is -0.770. The average Bonchev–Trinajstić information content (AvgIpc) is 2.26. The highest BCUT2D eigenvalue weighted by Gasteiger charge is 2.22. The van der Waals surface area contributed by atoms with Crippen LogP contribution in [0.3, 0.4) is 0 Å². The van der Waals surface area contributed by atoms with Crippen LogP contribution in [0.15, 0.2) is 0 Å². The van der Waals surface area contributed by atoms with Crippen LogP contribution in [0.4, 0.5) is 4.79 Å². The van der Waals surface area contributed by atoms with Gasteiger partial charge in [-0.1, -0.05) is 0 Å². The van der Waals surface area contributed by atoms with Crippen LogP contribution in [0.2, 0.25) is 0 Å². The van der Waals surface area contributed by atoms with Crippen molar-refractivity contribution in [2.75, 3.05) is 26.7 Å². The average molecular weight is 200 g/mol. The molecule has 1 aliphatic rings. The molecule has 1 rings (SSSR count). The monoisotopic (exact) mass is 200 g/mol. The minimum Gasteiger partial charge on any atom is -0.453 e. The Labute approximate surface area is 85.4 Å². The van der Waals surface area contributed by atoms with Crippen LogP contribution in [0.5, 0.6) is 0 Å². The molecule has 1 fully saturated rings. The Morgan fingerprint density at radius 3 is 2.64 bits per heavy atom. The highest BCUT2D eigenvalue weighted by molar-refractivity contribution is 5.67. The summed E-state index contributed by atoms with van der Waals surface area (Å²) in [4.78, 5) is 12.9. The number of nitrogens with zero attached hydrogens (tertiary/aromatic N) is 1. The van der Waals surface area contributed by atoms with Crippen molar-refractivity contribution in [3.05, 3.63) is 0 Å². The van der Waals surface area contributed by atoms with Gasteiger partial charge in [-0.05, 0) is 38.1 Å². The van der Waals surface area contributed by atoms with E-state index in [0.717, 1.165) is 44.8 Å². The van der Waals surface area contributed by atoms with E-state index in [4.69, 9.17) is 5.73 Å². The van der Waals surface area contributed by atoms with Crippen molar-refractivity contribution in [3.8, 4) is 0 Å². The fourth-order valence-corrected chi connectivity index (χ4v) is 1.94. The second-order valence-electron chi connectivity index (χ2n) is 3.83. The number of carbonyl (C=O) groups is 1. The van der Waals surface area contributed by atoms with E-state index in [1.807, 2.05) is 0 Å². The predicted octanol–water partition coefficient (Wildman–Crippen LogP) is 1.20. The van der Waals surface area contributed by atoms with Gasteiger partial charge < -0.3 is 15.4 Å². The molecule has 1 heterocycles. The summed E-state index contributed by atoms with van der Waals surface area (Å²) in [5.74, 6) is 0.749. The van der Waals surface area contributed by atoms with E-state index in [1.54, 1.807) is 4.90 Å². The van der Waals surface area contributed by atoms with Gasteiger partial charge in [-0.3, -0.25) is 0 Å². The van der Waals surface area contributed by atoms with Crippen molar-refractivity contribution in [1.82, 2.24) is 4.90 Å². The first kappa shape index (κ1) is 11.3. The lowest BCUT2D eigenvalue weighted by Gasteiger charge is -2.30. The second-order valence-corrected chi connectivity index (χ2v) is 3.83. The third kappa shape index (κ3) is 3.18. The molecule has 82 valence electrons. The summed E-state index contributed by atoms with van der Waals surface area (Å²) in [6.45, 7) is 2.45. The number of hydrogen-bond acceptors (Lipinski definition) is 3. The second kappa shape index (κ2) is 5.86. The predicted molar refractivity (Wildman–Crippen MR) is 55.0 cm³/mol. The molecule has 0 aliphatic carbocycles. The SMILES string of the molecule is COC(=O)N1CCC(CCCN)CC1. The number of likely N-dealkylation sites (tertiary alicyclic amines) is 1. The zero-order chi connectivity index (χ0) is 10.4. The summed E-state index contributed by atoms with van der Waals surface area (Å²) >= 11 is 0. The van der Waals surface area contributed by atoms with Crippen molar-refractivity contribution in [2.45, 2.75) is 25.7 Å². The number of nitrogens with two attached hydrogens (primary N) is 1. The van der Waals surface area contributed by atoms with Crippen LogP contribution < -0.4 is 5.73 Å². The zero-order valence-corrected chi connectivity index (χ0v) is 8.87. The van der Waals surface area contributed by atoms with Crippen molar-refractivity contribution in [1.29, 1.82) is 0 Å². The molecule has 1 amide bonds. The third-order valence-electron chi connectivity index (χ3n) is 2.86. The number of amides is 1. The molecule has 1 saturated heterocycles. The summed E-state index contributed by atoms with van der Waals surface area (Å²) < 4.78 is 4.67. The lowest BCUT2D eigenvalue weighted by Crippen LogP contribution is -2.38. The molecule has 0 aromatic carbocycles. The van der Waals surface area contributed by atoms with Gasteiger partial charge in [-0.25, -0.2) is 4.79 Å². The van der Waals surface area contributed by atoms with Gasteiger partial charge in [-0.15, -0.1) is 0 Å². The fraction of sp³-hybridized carbons (Fsp3) is 0.900. The fourth-order valence-electron chi connectivity index (χ4n) is 1.94. The highest BCUT2D eigenvalue weighted by atomic mass is 16.5. The molecule has 0 unspecified atom stereocenters. The van der Waals surface area contributed by atoms with Crippen molar-refractivity contribution >= 4 is 6.09 Å². The Morgan fingerprint density at radius 2 is 2.14 bits per heavy atom. The first-order valence-corrected chi connectivity index (χ1v) is 5.31.